The summed E-state index contributed by atoms with van der Waals surface area (Å²) in [5, 5.41) is 10.6. The van der Waals surface area contributed by atoms with E-state index in [0.29, 0.717) is 6.54 Å². The number of aromatic nitrogens is 2. The van der Waals surface area contributed by atoms with Crippen LogP contribution in [-0.2, 0) is 6.54 Å². The normalized spacial score (nSPS) is 9.33. The molecule has 3 nitrogen and oxygen atoms in total. The van der Waals surface area contributed by atoms with Crippen molar-refractivity contribution in [3.8, 4) is 0 Å². The summed E-state index contributed by atoms with van der Waals surface area (Å²) in [6, 6.07) is 1.69. The van der Waals surface area contributed by atoms with Crippen LogP contribution in [0, 0.1) is 5.21 Å². The van der Waals surface area contributed by atoms with Crippen molar-refractivity contribution >= 4 is 0 Å². The van der Waals surface area contributed by atoms with Crippen LogP contribution in [0.1, 0.15) is 0 Å². The zero-order valence-electron chi connectivity index (χ0n) is 5.03. The average Bonchev–Trinajstić information content (AvgIpc) is 2.18. The first-order chi connectivity index (χ1) is 4.34. The minimum Gasteiger partial charge on any atom is -0.596 e. The molecule has 0 saturated heterocycles. The molecule has 48 valence electrons. The monoisotopic (exact) mass is 124 g/mol. The smallest absolute Gasteiger partial charge is 0.209 e. The molecule has 0 atom stereocenters. The van der Waals surface area contributed by atoms with E-state index in [-0.39, 0.29) is 0 Å². The Balaban J connectivity index is 2.80. The molecular formula is C6H8N2O. The average molecular weight is 124 g/mol. The van der Waals surface area contributed by atoms with Gasteiger partial charge in [-0.25, -0.2) is 0 Å². The van der Waals surface area contributed by atoms with Crippen molar-refractivity contribution in [1.29, 1.82) is 0 Å². The molecule has 0 amide bonds. The van der Waals surface area contributed by atoms with Gasteiger partial charge in [0.1, 0.15) is 0 Å². The molecule has 0 saturated carbocycles. The fourth-order valence-electron chi connectivity index (χ4n) is 0.636. The minimum absolute atomic E-state index is 0.566. The first kappa shape index (κ1) is 5.88. The molecule has 1 aromatic heterocycles. The SMILES string of the molecule is C=CCn1ccc[n+]1[O-]. The summed E-state index contributed by atoms with van der Waals surface area (Å²) < 4.78 is 1.51. The van der Waals surface area contributed by atoms with Crippen LogP contribution >= 0.6 is 0 Å². The molecule has 9 heavy (non-hydrogen) atoms. The van der Waals surface area contributed by atoms with Crippen LogP contribution < -0.4 is 4.85 Å². The summed E-state index contributed by atoms with van der Waals surface area (Å²) in [6.07, 6.45) is 4.83. The predicted molar refractivity (Wildman–Crippen MR) is 33.6 cm³/mol. The van der Waals surface area contributed by atoms with Crippen molar-refractivity contribution in [2.45, 2.75) is 6.54 Å². The van der Waals surface area contributed by atoms with Gasteiger partial charge in [-0.2, -0.15) is 0 Å². The summed E-state index contributed by atoms with van der Waals surface area (Å²) in [5.41, 5.74) is 0. The van der Waals surface area contributed by atoms with E-state index in [1.54, 1.807) is 18.3 Å². The Bertz CT molecular complexity index is 205. The Morgan fingerprint density at radius 2 is 2.56 bits per heavy atom. The van der Waals surface area contributed by atoms with Gasteiger partial charge in [0.15, 0.2) is 0 Å². The molecule has 0 aromatic carbocycles. The molecule has 1 rings (SSSR count). The van der Waals surface area contributed by atoms with Crippen molar-refractivity contribution in [2.75, 3.05) is 0 Å². The third-order valence-corrected chi connectivity index (χ3v) is 1.04. The van der Waals surface area contributed by atoms with E-state index >= 15 is 0 Å². The molecule has 0 unspecified atom stereocenters. The second-order valence-corrected chi connectivity index (χ2v) is 1.70. The Kier molecular flexibility index (Phi) is 1.53. The number of allylic oxidation sites excluding steroid dienone is 1. The molecule has 1 heterocycles. The summed E-state index contributed by atoms with van der Waals surface area (Å²) in [5.74, 6) is 0. The Morgan fingerprint density at radius 3 is 3.00 bits per heavy atom. The van der Waals surface area contributed by atoms with Gasteiger partial charge >= 0.3 is 0 Å². The van der Waals surface area contributed by atoms with Gasteiger partial charge < -0.3 is 5.21 Å². The maximum Gasteiger partial charge on any atom is 0.209 e. The van der Waals surface area contributed by atoms with Gasteiger partial charge in [0.2, 0.25) is 6.20 Å². The molecule has 0 radical (unpaired) electrons. The van der Waals surface area contributed by atoms with E-state index in [1.807, 2.05) is 0 Å². The molecule has 0 aliphatic carbocycles. The molecule has 0 spiro atoms. The fraction of sp³-hybridized carbons (Fsp3) is 0.167. The second-order valence-electron chi connectivity index (χ2n) is 1.70. The number of rotatable bonds is 2. The maximum atomic E-state index is 10.6. The topological polar surface area (TPSA) is 31.9 Å². The Hall–Kier alpha value is -1.25. The lowest BCUT2D eigenvalue weighted by atomic mass is 10.6. The Morgan fingerprint density at radius 1 is 1.78 bits per heavy atom. The number of hydrogen-bond donors (Lipinski definition) is 0. The van der Waals surface area contributed by atoms with Gasteiger partial charge in [0, 0.05) is 6.07 Å². The number of hydrogen-bond acceptors (Lipinski definition) is 1. The first-order valence-electron chi connectivity index (χ1n) is 2.70. The molecule has 1 aromatic rings. The van der Waals surface area contributed by atoms with Crippen molar-refractivity contribution in [3.63, 3.8) is 0 Å². The van der Waals surface area contributed by atoms with Gasteiger partial charge in [-0.15, -0.1) is 11.3 Å². The quantitative estimate of drug-likeness (QED) is 0.317. The zero-order chi connectivity index (χ0) is 6.69. The fourth-order valence-corrected chi connectivity index (χ4v) is 0.636. The van der Waals surface area contributed by atoms with Gasteiger partial charge in [0.25, 0.3) is 0 Å². The third kappa shape index (κ3) is 1.10. The minimum atomic E-state index is 0.566. The van der Waals surface area contributed by atoms with E-state index in [4.69, 9.17) is 0 Å². The lowest BCUT2D eigenvalue weighted by molar-refractivity contribution is -0.693. The van der Waals surface area contributed by atoms with Gasteiger partial charge in [0.05, 0.1) is 12.7 Å². The zero-order valence-corrected chi connectivity index (χ0v) is 5.03. The van der Waals surface area contributed by atoms with Crippen LogP contribution in [0.2, 0.25) is 0 Å². The molecule has 0 N–H and O–H groups in total. The molecule has 0 aliphatic rings. The molecular weight excluding hydrogens is 116 g/mol. The standard InChI is InChI=1S/C6H8N2O/c1-2-4-7-5-3-6-8(7)9/h2-3,5-6H,1,4H2. The molecule has 0 bridgehead atoms. The number of nitrogens with zero attached hydrogens (tertiary/aromatic N) is 2. The maximum absolute atomic E-state index is 10.6. The van der Waals surface area contributed by atoms with Gasteiger partial charge in [-0.3, -0.25) is 0 Å². The molecule has 3 heteroatoms. The lowest BCUT2D eigenvalue weighted by Crippen LogP contribution is -2.35. The second kappa shape index (κ2) is 2.35. The van der Waals surface area contributed by atoms with Crippen molar-refractivity contribution < 1.29 is 4.85 Å². The summed E-state index contributed by atoms with van der Waals surface area (Å²) in [6.45, 7) is 4.07. The van der Waals surface area contributed by atoms with Gasteiger partial charge in [-0.05, 0) is 0 Å². The van der Waals surface area contributed by atoms with Crippen LogP contribution in [0.15, 0.2) is 31.1 Å². The first-order valence-corrected chi connectivity index (χ1v) is 2.70. The van der Waals surface area contributed by atoms with Crippen LogP contribution in [0.25, 0.3) is 0 Å². The summed E-state index contributed by atoms with van der Waals surface area (Å²) in [7, 11) is 0. The highest BCUT2D eigenvalue weighted by molar-refractivity contribution is 4.75. The van der Waals surface area contributed by atoms with E-state index in [0.717, 1.165) is 4.85 Å². The van der Waals surface area contributed by atoms with E-state index in [1.165, 1.54) is 10.9 Å². The lowest BCUT2D eigenvalue weighted by Gasteiger charge is -1.96. The van der Waals surface area contributed by atoms with E-state index < -0.39 is 0 Å². The third-order valence-electron chi connectivity index (χ3n) is 1.04. The van der Waals surface area contributed by atoms with E-state index in [2.05, 4.69) is 6.58 Å². The summed E-state index contributed by atoms with van der Waals surface area (Å²) in [4.78, 5) is 0.766. The molecule has 0 fully saturated rings. The highest BCUT2D eigenvalue weighted by Crippen LogP contribution is 1.80. The van der Waals surface area contributed by atoms with Gasteiger partial charge in [-0.1, -0.05) is 10.9 Å². The molecule has 0 aliphatic heterocycles. The van der Waals surface area contributed by atoms with Crippen molar-refractivity contribution in [1.82, 2.24) is 4.68 Å². The van der Waals surface area contributed by atoms with E-state index in [9.17, 15) is 5.21 Å². The highest BCUT2D eigenvalue weighted by atomic mass is 16.5. The van der Waals surface area contributed by atoms with Crippen LogP contribution in [-0.4, -0.2) is 4.68 Å². The van der Waals surface area contributed by atoms with Crippen molar-refractivity contribution in [2.24, 2.45) is 0 Å². The van der Waals surface area contributed by atoms with Crippen LogP contribution in [0.5, 0.6) is 0 Å². The highest BCUT2D eigenvalue weighted by Gasteiger charge is 1.93. The Labute approximate surface area is 53.4 Å². The van der Waals surface area contributed by atoms with Crippen LogP contribution in [0.3, 0.4) is 0 Å². The summed E-state index contributed by atoms with van der Waals surface area (Å²) >= 11 is 0. The van der Waals surface area contributed by atoms with Crippen LogP contribution in [0.4, 0.5) is 0 Å². The predicted octanol–water partition coefficient (Wildman–Crippen LogP) is 0.307. The largest absolute Gasteiger partial charge is 0.596 e. The van der Waals surface area contributed by atoms with Crippen molar-refractivity contribution in [3.05, 3.63) is 36.3 Å².